The van der Waals surface area contributed by atoms with Gasteiger partial charge in [-0.1, -0.05) is 6.07 Å². The molecule has 5 heteroatoms. The van der Waals surface area contributed by atoms with E-state index in [0.717, 1.165) is 36.8 Å². The van der Waals surface area contributed by atoms with Crippen molar-refractivity contribution >= 4 is 11.3 Å². The summed E-state index contributed by atoms with van der Waals surface area (Å²) >= 11 is 1.62. The first-order chi connectivity index (χ1) is 11.7. The molecule has 0 amide bonds. The van der Waals surface area contributed by atoms with E-state index in [1.54, 1.807) is 11.3 Å². The van der Waals surface area contributed by atoms with Crippen LogP contribution in [0.4, 0.5) is 0 Å². The number of nitrogens with zero attached hydrogens (tertiary/aromatic N) is 4. The molecule has 0 radical (unpaired) electrons. The van der Waals surface area contributed by atoms with E-state index in [-0.39, 0.29) is 0 Å². The summed E-state index contributed by atoms with van der Waals surface area (Å²) in [5.41, 5.74) is 1.14. The van der Waals surface area contributed by atoms with Gasteiger partial charge in [0.2, 0.25) is 0 Å². The molecule has 3 heterocycles. The molecule has 126 valence electrons. The van der Waals surface area contributed by atoms with Crippen LogP contribution < -0.4 is 0 Å². The molecule has 1 fully saturated rings. The van der Waals surface area contributed by atoms with Gasteiger partial charge in [-0.3, -0.25) is 14.8 Å². The smallest absolute Gasteiger partial charge is 0.110 e. The molecule has 0 saturated carbocycles. The number of likely N-dealkylation sites (tertiary alicyclic amines) is 1. The van der Waals surface area contributed by atoms with E-state index < -0.39 is 0 Å². The molecule has 2 aromatic heterocycles. The number of nitriles is 1. The third-order valence-electron chi connectivity index (χ3n) is 4.70. The van der Waals surface area contributed by atoms with E-state index in [1.807, 2.05) is 18.3 Å². The van der Waals surface area contributed by atoms with Crippen molar-refractivity contribution in [3.8, 4) is 6.07 Å². The summed E-state index contributed by atoms with van der Waals surface area (Å²) in [4.78, 5) is 11.5. The average Bonchev–Trinajstić information content (AvgIpc) is 2.92. The van der Waals surface area contributed by atoms with E-state index in [4.69, 9.17) is 5.26 Å². The van der Waals surface area contributed by atoms with Gasteiger partial charge in [-0.2, -0.15) is 5.26 Å². The maximum absolute atomic E-state index is 8.95. The number of rotatable bonds is 5. The summed E-state index contributed by atoms with van der Waals surface area (Å²) in [6.07, 6.45) is 5.54. The quantitative estimate of drug-likeness (QED) is 0.835. The summed E-state index contributed by atoms with van der Waals surface area (Å²) in [5.74, 6) is 0. The van der Waals surface area contributed by atoms with Crippen LogP contribution in [0.25, 0.3) is 0 Å². The molecule has 1 saturated heterocycles. The van der Waals surface area contributed by atoms with E-state index in [1.165, 1.54) is 24.1 Å². The summed E-state index contributed by atoms with van der Waals surface area (Å²) in [5, 5.41) is 8.95. The fourth-order valence-corrected chi connectivity index (χ4v) is 4.20. The summed E-state index contributed by atoms with van der Waals surface area (Å²) in [7, 11) is 2.22. The predicted octanol–water partition coefficient (Wildman–Crippen LogP) is 3.50. The lowest BCUT2D eigenvalue weighted by molar-refractivity contribution is 0.205. The van der Waals surface area contributed by atoms with Gasteiger partial charge in [0.15, 0.2) is 0 Å². The second-order valence-corrected chi connectivity index (χ2v) is 7.64. The maximum Gasteiger partial charge on any atom is 0.110 e. The predicted molar refractivity (Wildman–Crippen MR) is 97.7 cm³/mol. The molecule has 2 aromatic rings. The van der Waals surface area contributed by atoms with Crippen LogP contribution in [0.15, 0.2) is 36.5 Å². The highest BCUT2D eigenvalue weighted by atomic mass is 32.1. The monoisotopic (exact) mass is 340 g/mol. The van der Waals surface area contributed by atoms with Gasteiger partial charge in [0, 0.05) is 36.8 Å². The number of thiophene rings is 1. The van der Waals surface area contributed by atoms with Crippen LogP contribution in [0.2, 0.25) is 0 Å². The van der Waals surface area contributed by atoms with E-state index in [0.29, 0.717) is 6.04 Å². The Bertz CT molecular complexity index is 676. The van der Waals surface area contributed by atoms with Crippen LogP contribution in [0.1, 0.15) is 34.7 Å². The first-order valence-electron chi connectivity index (χ1n) is 8.56. The van der Waals surface area contributed by atoms with Crippen molar-refractivity contribution in [1.82, 2.24) is 14.8 Å². The van der Waals surface area contributed by atoms with Crippen molar-refractivity contribution < 1.29 is 0 Å². The molecule has 0 N–H and O–H groups in total. The fraction of sp³-hybridized carbons (Fsp3) is 0.474. The van der Waals surface area contributed by atoms with E-state index in [2.05, 4.69) is 46.1 Å². The summed E-state index contributed by atoms with van der Waals surface area (Å²) < 4.78 is 0. The minimum Gasteiger partial charge on any atom is -0.298 e. The van der Waals surface area contributed by atoms with Crippen LogP contribution in [0.3, 0.4) is 0 Å². The third-order valence-corrected chi connectivity index (χ3v) is 5.68. The van der Waals surface area contributed by atoms with Crippen molar-refractivity contribution in [2.45, 2.75) is 38.4 Å². The Morgan fingerprint density at radius 2 is 2.21 bits per heavy atom. The normalized spacial score (nSPS) is 19.1. The number of hydrogen-bond acceptors (Lipinski definition) is 5. The summed E-state index contributed by atoms with van der Waals surface area (Å²) in [6, 6.07) is 13.0. The molecular weight excluding hydrogens is 316 g/mol. The molecule has 1 unspecified atom stereocenters. The van der Waals surface area contributed by atoms with Gasteiger partial charge in [-0.15, -0.1) is 11.3 Å². The highest BCUT2D eigenvalue weighted by Gasteiger charge is 2.21. The second kappa shape index (κ2) is 8.39. The van der Waals surface area contributed by atoms with Crippen LogP contribution in [0.5, 0.6) is 0 Å². The molecule has 3 rings (SSSR count). The zero-order chi connectivity index (χ0) is 16.8. The Kier molecular flexibility index (Phi) is 5.97. The Labute approximate surface area is 148 Å². The largest absolute Gasteiger partial charge is 0.298 e. The molecule has 1 aliphatic heterocycles. The highest BCUT2D eigenvalue weighted by Crippen LogP contribution is 2.22. The van der Waals surface area contributed by atoms with Gasteiger partial charge in [0.25, 0.3) is 0 Å². The van der Waals surface area contributed by atoms with E-state index >= 15 is 0 Å². The van der Waals surface area contributed by atoms with Crippen LogP contribution >= 0.6 is 11.3 Å². The molecular formula is C19H24N4S. The molecule has 24 heavy (non-hydrogen) atoms. The second-order valence-electron chi connectivity index (χ2n) is 6.47. The first-order valence-corrected chi connectivity index (χ1v) is 9.37. The zero-order valence-corrected chi connectivity index (χ0v) is 15.0. The van der Waals surface area contributed by atoms with Gasteiger partial charge in [0.05, 0.1) is 5.69 Å². The van der Waals surface area contributed by atoms with Gasteiger partial charge >= 0.3 is 0 Å². The minimum absolute atomic E-state index is 0.620. The van der Waals surface area contributed by atoms with Crippen LogP contribution in [-0.4, -0.2) is 41.0 Å². The van der Waals surface area contributed by atoms with Crippen LogP contribution in [0, 0.1) is 11.3 Å². The van der Waals surface area contributed by atoms with Crippen molar-refractivity contribution in [3.05, 3.63) is 52.0 Å². The fourth-order valence-electron chi connectivity index (χ4n) is 3.36. The van der Waals surface area contributed by atoms with Crippen LogP contribution in [-0.2, 0) is 13.1 Å². The molecule has 0 aromatic carbocycles. The Hall–Kier alpha value is -1.74. The Morgan fingerprint density at radius 3 is 2.96 bits per heavy atom. The molecule has 4 nitrogen and oxygen atoms in total. The van der Waals surface area contributed by atoms with Crippen molar-refractivity contribution in [3.63, 3.8) is 0 Å². The van der Waals surface area contributed by atoms with Gasteiger partial charge < -0.3 is 0 Å². The maximum atomic E-state index is 8.95. The number of hydrogen-bond donors (Lipinski definition) is 0. The topological polar surface area (TPSA) is 43.2 Å². The SMILES string of the molecule is CN(Cc1ccccn1)C1CCCN(Cc2ccc(C#N)s2)CC1. The molecule has 0 aliphatic carbocycles. The molecule has 1 aliphatic rings. The first kappa shape index (κ1) is 17.1. The Morgan fingerprint density at radius 1 is 1.29 bits per heavy atom. The Balaban J connectivity index is 1.52. The van der Waals surface area contributed by atoms with E-state index in [9.17, 15) is 0 Å². The van der Waals surface area contributed by atoms with Gasteiger partial charge in [-0.05, 0) is 57.1 Å². The lowest BCUT2D eigenvalue weighted by Gasteiger charge is -2.27. The lowest BCUT2D eigenvalue weighted by atomic mass is 10.1. The number of pyridine rings is 1. The molecule has 1 atom stereocenters. The molecule has 0 spiro atoms. The van der Waals surface area contributed by atoms with Crippen molar-refractivity contribution in [2.24, 2.45) is 0 Å². The minimum atomic E-state index is 0.620. The zero-order valence-electron chi connectivity index (χ0n) is 14.2. The summed E-state index contributed by atoms with van der Waals surface area (Å²) in [6.45, 7) is 4.16. The molecule has 0 bridgehead atoms. The highest BCUT2D eigenvalue weighted by molar-refractivity contribution is 7.12. The number of aromatic nitrogens is 1. The average molecular weight is 340 g/mol. The van der Waals surface area contributed by atoms with Crippen molar-refractivity contribution in [2.75, 3.05) is 20.1 Å². The standard InChI is InChI=1S/C19H24N4S/c1-22(14-16-5-2-3-10-21-16)17-6-4-11-23(12-9-17)15-19-8-7-18(13-20)24-19/h2-3,5,7-8,10,17H,4,6,9,11-12,14-15H2,1H3. The van der Waals surface area contributed by atoms with Crippen molar-refractivity contribution in [1.29, 1.82) is 5.26 Å². The van der Waals surface area contributed by atoms with Gasteiger partial charge in [-0.25, -0.2) is 0 Å². The van der Waals surface area contributed by atoms with Gasteiger partial charge in [0.1, 0.15) is 10.9 Å². The third kappa shape index (κ3) is 4.64. The lowest BCUT2D eigenvalue weighted by Crippen LogP contribution is -2.32.